The van der Waals surface area contributed by atoms with E-state index in [4.69, 9.17) is 21.4 Å². The van der Waals surface area contributed by atoms with Crippen molar-refractivity contribution in [3.63, 3.8) is 0 Å². The van der Waals surface area contributed by atoms with Crippen LogP contribution in [0.25, 0.3) is 0 Å². The predicted octanol–water partition coefficient (Wildman–Crippen LogP) is 1.84. The Bertz CT molecular complexity index is 550. The lowest BCUT2D eigenvalue weighted by Gasteiger charge is -2.10. The first-order valence-electron chi connectivity index (χ1n) is 4.67. The molecule has 0 saturated carbocycles. The minimum atomic E-state index is -3.57. The van der Waals surface area contributed by atoms with Gasteiger partial charge in [-0.05, 0) is 13.0 Å². The number of sulfone groups is 1. The fourth-order valence-electron chi connectivity index (χ4n) is 1.26. The molecule has 0 amide bonds. The summed E-state index contributed by atoms with van der Waals surface area (Å²) in [5.41, 5.74) is -0.225. The highest BCUT2D eigenvalue weighted by molar-refractivity contribution is 7.90. The molecule has 0 heterocycles. The van der Waals surface area contributed by atoms with Crippen molar-refractivity contribution in [3.05, 3.63) is 22.7 Å². The normalized spacial score (nSPS) is 11.2. The number of carbonyl (C=O) groups is 1. The predicted molar refractivity (Wildman–Crippen MR) is 62.7 cm³/mol. The van der Waals surface area contributed by atoms with Crippen molar-refractivity contribution in [2.75, 3.05) is 12.9 Å². The Hall–Kier alpha value is -1.27. The Morgan fingerprint density at radius 3 is 2.47 bits per heavy atom. The molecule has 0 aliphatic carbocycles. The van der Waals surface area contributed by atoms with Gasteiger partial charge in [0.15, 0.2) is 9.84 Å². The number of halogens is 1. The molecule has 0 aromatic heterocycles. The number of benzene rings is 1. The monoisotopic (exact) mass is 278 g/mol. The van der Waals surface area contributed by atoms with Crippen LogP contribution in [0, 0.1) is 0 Å². The topological polar surface area (TPSA) is 80.7 Å². The Balaban J connectivity index is 3.51. The van der Waals surface area contributed by atoms with Gasteiger partial charge >= 0.3 is 5.97 Å². The number of hydrogen-bond acceptors (Lipinski definition) is 4. The first kappa shape index (κ1) is 13.8. The Morgan fingerprint density at radius 2 is 2.06 bits per heavy atom. The van der Waals surface area contributed by atoms with Gasteiger partial charge < -0.3 is 9.84 Å². The van der Waals surface area contributed by atoms with Gasteiger partial charge in [0.25, 0.3) is 0 Å². The molecule has 0 aliphatic heterocycles. The van der Waals surface area contributed by atoms with Crippen molar-refractivity contribution in [1.82, 2.24) is 0 Å². The lowest BCUT2D eigenvalue weighted by Crippen LogP contribution is -2.06. The maximum Gasteiger partial charge on any atom is 0.339 e. The molecule has 0 spiro atoms. The SMILES string of the molecule is CCOc1cc(Cl)c(S(C)(=O)=O)cc1C(=O)O. The molecule has 1 aromatic carbocycles. The summed E-state index contributed by atoms with van der Waals surface area (Å²) in [6.07, 6.45) is 0.959. The third-order valence-corrected chi connectivity index (χ3v) is 3.53. The Labute approximate surface area is 104 Å². The van der Waals surface area contributed by atoms with E-state index in [2.05, 4.69) is 0 Å². The van der Waals surface area contributed by atoms with Crippen LogP contribution in [-0.2, 0) is 9.84 Å². The van der Waals surface area contributed by atoms with E-state index in [-0.39, 0.29) is 27.8 Å². The molecular weight excluding hydrogens is 268 g/mol. The van der Waals surface area contributed by atoms with Crippen molar-refractivity contribution >= 4 is 27.4 Å². The molecular formula is C10H11ClO5S. The quantitative estimate of drug-likeness (QED) is 0.909. The van der Waals surface area contributed by atoms with Gasteiger partial charge in [-0.1, -0.05) is 11.6 Å². The van der Waals surface area contributed by atoms with Crippen molar-refractivity contribution in [2.24, 2.45) is 0 Å². The Morgan fingerprint density at radius 1 is 1.47 bits per heavy atom. The highest BCUT2D eigenvalue weighted by atomic mass is 35.5. The van der Waals surface area contributed by atoms with E-state index < -0.39 is 15.8 Å². The number of rotatable bonds is 4. The second-order valence-electron chi connectivity index (χ2n) is 3.29. The van der Waals surface area contributed by atoms with E-state index in [1.54, 1.807) is 6.92 Å². The number of carboxylic acid groups (broad SMARTS) is 1. The van der Waals surface area contributed by atoms with Crippen LogP contribution in [0.4, 0.5) is 0 Å². The van der Waals surface area contributed by atoms with E-state index in [1.165, 1.54) is 6.07 Å². The first-order chi connectivity index (χ1) is 7.77. The zero-order valence-corrected chi connectivity index (χ0v) is 10.8. The molecule has 0 unspecified atom stereocenters. The highest BCUT2D eigenvalue weighted by Gasteiger charge is 2.20. The molecule has 5 nitrogen and oxygen atoms in total. The molecule has 0 radical (unpaired) electrons. The fourth-order valence-corrected chi connectivity index (χ4v) is 2.58. The molecule has 0 aliphatic rings. The van der Waals surface area contributed by atoms with E-state index >= 15 is 0 Å². The van der Waals surface area contributed by atoms with Gasteiger partial charge in [-0.3, -0.25) is 0 Å². The van der Waals surface area contributed by atoms with Gasteiger partial charge in [-0.25, -0.2) is 13.2 Å². The van der Waals surface area contributed by atoms with Gasteiger partial charge in [0.2, 0.25) is 0 Å². The summed E-state index contributed by atoms with van der Waals surface area (Å²) in [6, 6.07) is 2.20. The van der Waals surface area contributed by atoms with Crippen LogP contribution < -0.4 is 4.74 Å². The summed E-state index contributed by atoms with van der Waals surface area (Å²) in [5.74, 6) is -1.22. The molecule has 1 rings (SSSR count). The van der Waals surface area contributed by atoms with E-state index in [1.807, 2.05) is 0 Å². The van der Waals surface area contributed by atoms with Gasteiger partial charge in [0.1, 0.15) is 11.3 Å². The largest absolute Gasteiger partial charge is 0.493 e. The maximum atomic E-state index is 11.4. The van der Waals surface area contributed by atoms with Crippen LogP contribution in [0.1, 0.15) is 17.3 Å². The fraction of sp³-hybridized carbons (Fsp3) is 0.300. The number of hydrogen-bond donors (Lipinski definition) is 1. The zero-order chi connectivity index (χ0) is 13.2. The van der Waals surface area contributed by atoms with Crippen molar-refractivity contribution < 1.29 is 23.1 Å². The standard InChI is InChI=1S/C10H11ClO5S/c1-3-16-8-5-7(11)9(17(2,14)15)4-6(8)10(12)13/h4-5H,3H2,1-2H3,(H,12,13). The summed E-state index contributed by atoms with van der Waals surface area (Å²) in [7, 11) is -3.57. The summed E-state index contributed by atoms with van der Waals surface area (Å²) >= 11 is 5.77. The number of carboxylic acids is 1. The smallest absolute Gasteiger partial charge is 0.339 e. The maximum absolute atomic E-state index is 11.4. The van der Waals surface area contributed by atoms with Gasteiger partial charge in [0.05, 0.1) is 16.5 Å². The van der Waals surface area contributed by atoms with Crippen LogP contribution in [-0.4, -0.2) is 32.4 Å². The average molecular weight is 279 g/mol. The average Bonchev–Trinajstić information content (AvgIpc) is 2.15. The van der Waals surface area contributed by atoms with Gasteiger partial charge in [0, 0.05) is 12.3 Å². The third-order valence-electron chi connectivity index (χ3n) is 1.96. The molecule has 0 fully saturated rings. The first-order valence-corrected chi connectivity index (χ1v) is 6.94. The van der Waals surface area contributed by atoms with Crippen LogP contribution in [0.2, 0.25) is 5.02 Å². The van der Waals surface area contributed by atoms with Crippen molar-refractivity contribution in [1.29, 1.82) is 0 Å². The number of ether oxygens (including phenoxy) is 1. The lowest BCUT2D eigenvalue weighted by molar-refractivity contribution is 0.0692. The van der Waals surface area contributed by atoms with E-state index in [9.17, 15) is 13.2 Å². The Kier molecular flexibility index (Phi) is 4.00. The summed E-state index contributed by atoms with van der Waals surface area (Å²) in [5, 5.41) is 8.90. The summed E-state index contributed by atoms with van der Waals surface area (Å²) < 4.78 is 27.8. The molecule has 1 aromatic rings. The molecule has 0 bridgehead atoms. The molecule has 7 heteroatoms. The number of aromatic carboxylic acids is 1. The van der Waals surface area contributed by atoms with Crippen LogP contribution in [0.15, 0.2) is 17.0 Å². The van der Waals surface area contributed by atoms with Gasteiger partial charge in [-0.15, -0.1) is 0 Å². The van der Waals surface area contributed by atoms with E-state index in [0.717, 1.165) is 12.3 Å². The van der Waals surface area contributed by atoms with Crippen molar-refractivity contribution in [3.8, 4) is 5.75 Å². The van der Waals surface area contributed by atoms with Gasteiger partial charge in [-0.2, -0.15) is 0 Å². The van der Waals surface area contributed by atoms with Crippen molar-refractivity contribution in [2.45, 2.75) is 11.8 Å². The highest BCUT2D eigenvalue weighted by Crippen LogP contribution is 2.30. The van der Waals surface area contributed by atoms with Crippen LogP contribution in [0.3, 0.4) is 0 Å². The molecule has 0 saturated heterocycles. The second kappa shape index (κ2) is 4.93. The molecule has 94 valence electrons. The molecule has 0 atom stereocenters. The molecule has 17 heavy (non-hydrogen) atoms. The second-order valence-corrected chi connectivity index (χ2v) is 5.68. The zero-order valence-electron chi connectivity index (χ0n) is 9.23. The van der Waals surface area contributed by atoms with E-state index in [0.29, 0.717) is 0 Å². The summed E-state index contributed by atoms with van der Waals surface area (Å²) in [6.45, 7) is 1.94. The molecule has 1 N–H and O–H groups in total. The van der Waals surface area contributed by atoms with Crippen LogP contribution >= 0.6 is 11.6 Å². The minimum absolute atomic E-state index is 0.0531. The van der Waals surface area contributed by atoms with Crippen LogP contribution in [0.5, 0.6) is 5.75 Å². The summed E-state index contributed by atoms with van der Waals surface area (Å²) in [4.78, 5) is 10.7. The minimum Gasteiger partial charge on any atom is -0.493 e. The lowest BCUT2D eigenvalue weighted by atomic mass is 10.2. The third kappa shape index (κ3) is 3.10.